The second-order valence-electron chi connectivity index (χ2n) is 8.97. The van der Waals surface area contributed by atoms with Gasteiger partial charge in [0.25, 0.3) is 0 Å². The second kappa shape index (κ2) is 6.29. The number of nitrogens with zero attached hydrogens (tertiary/aromatic N) is 4. The molecule has 3 heterocycles. The Balaban J connectivity index is 1.42. The minimum Gasteiger partial charge on any atom is -0.323 e. The lowest BCUT2D eigenvalue weighted by atomic mass is 9.91. The van der Waals surface area contributed by atoms with E-state index in [-0.39, 0.29) is 17.2 Å². The Bertz CT molecular complexity index is 1360. The largest absolute Gasteiger partial charge is 0.323 e. The van der Waals surface area contributed by atoms with Crippen LogP contribution in [0.15, 0.2) is 36.7 Å². The lowest BCUT2D eigenvalue weighted by Crippen LogP contribution is -2.38. The first-order valence-electron chi connectivity index (χ1n) is 10.4. The third kappa shape index (κ3) is 2.77. The number of rotatable bonds is 4. The van der Waals surface area contributed by atoms with Gasteiger partial charge in [0.05, 0.1) is 40.1 Å². The van der Waals surface area contributed by atoms with Gasteiger partial charge in [0, 0.05) is 23.5 Å². The van der Waals surface area contributed by atoms with E-state index in [2.05, 4.69) is 9.55 Å². The van der Waals surface area contributed by atoms with Crippen molar-refractivity contribution in [1.29, 1.82) is 0 Å². The highest BCUT2D eigenvalue weighted by molar-refractivity contribution is 7.91. The maximum Gasteiger partial charge on any atom is 0.238 e. The van der Waals surface area contributed by atoms with Gasteiger partial charge in [-0.15, -0.1) is 0 Å². The zero-order chi connectivity index (χ0) is 21.5. The van der Waals surface area contributed by atoms with Crippen molar-refractivity contribution >= 4 is 44.1 Å². The van der Waals surface area contributed by atoms with E-state index in [1.165, 1.54) is 6.26 Å². The predicted molar refractivity (Wildman–Crippen MR) is 118 cm³/mol. The molecule has 9 heteroatoms. The number of imidazole rings is 1. The van der Waals surface area contributed by atoms with Gasteiger partial charge >= 0.3 is 0 Å². The van der Waals surface area contributed by atoms with E-state index in [1.54, 1.807) is 17.3 Å². The molecule has 2 fully saturated rings. The highest BCUT2D eigenvalue weighted by Gasteiger charge is 2.59. The van der Waals surface area contributed by atoms with Gasteiger partial charge in [-0.05, 0) is 55.5 Å². The number of pyridine rings is 1. The molecule has 0 N–H and O–H groups in total. The van der Waals surface area contributed by atoms with Crippen LogP contribution in [0.2, 0.25) is 5.02 Å². The van der Waals surface area contributed by atoms with Crippen LogP contribution in [0.3, 0.4) is 0 Å². The van der Waals surface area contributed by atoms with Gasteiger partial charge in [-0.2, -0.15) is 0 Å². The number of carbonyl (C=O) groups is 1. The van der Waals surface area contributed by atoms with Crippen LogP contribution >= 0.6 is 11.6 Å². The average Bonchev–Trinajstić information content (AvgIpc) is 3.37. The fourth-order valence-corrected chi connectivity index (χ4v) is 6.44. The normalized spacial score (nSPS) is 23.9. The van der Waals surface area contributed by atoms with Crippen LogP contribution in [0.1, 0.15) is 43.1 Å². The van der Waals surface area contributed by atoms with Crippen LogP contribution in [0.25, 0.3) is 11.0 Å². The molecule has 0 atom stereocenters. The van der Waals surface area contributed by atoms with Crippen LogP contribution in [0.4, 0.5) is 5.69 Å². The van der Waals surface area contributed by atoms with Crippen LogP contribution < -0.4 is 4.90 Å². The first-order chi connectivity index (χ1) is 14.8. The van der Waals surface area contributed by atoms with Crippen molar-refractivity contribution in [3.8, 4) is 0 Å². The molecular formula is C22H21ClN4O3S. The van der Waals surface area contributed by atoms with Gasteiger partial charge in [0.15, 0.2) is 0 Å². The Morgan fingerprint density at radius 2 is 2.00 bits per heavy atom. The quantitative estimate of drug-likeness (QED) is 0.600. The molecule has 0 radical (unpaired) electrons. The van der Waals surface area contributed by atoms with Crippen molar-refractivity contribution in [2.75, 3.05) is 11.2 Å². The van der Waals surface area contributed by atoms with Crippen LogP contribution in [0.5, 0.6) is 0 Å². The molecule has 3 aromatic rings. The molecule has 1 spiro atoms. The first kappa shape index (κ1) is 19.3. The Labute approximate surface area is 185 Å². The number of carbonyl (C=O) groups excluding carboxylic acids is 1. The minimum absolute atomic E-state index is 0.0295. The maximum atomic E-state index is 13.3. The molecule has 2 aliphatic carbocycles. The van der Waals surface area contributed by atoms with Crippen molar-refractivity contribution in [2.24, 2.45) is 0 Å². The van der Waals surface area contributed by atoms with E-state index in [4.69, 9.17) is 16.6 Å². The summed E-state index contributed by atoms with van der Waals surface area (Å²) >= 11 is 6.20. The van der Waals surface area contributed by atoms with E-state index in [0.29, 0.717) is 24.4 Å². The standard InChI is InChI=1S/C22H21ClN4O3S/c1-31(29,30)15-9-14(10-15)27-18-3-2-13(23)8-17(18)25-20(27)12-26-19-11-24-7-4-16(19)22(5-6-22)21(26)28/h2-4,7-8,11,14-15H,5-6,9-10,12H2,1H3. The zero-order valence-corrected chi connectivity index (χ0v) is 18.5. The van der Waals surface area contributed by atoms with E-state index in [9.17, 15) is 13.2 Å². The van der Waals surface area contributed by atoms with Gasteiger partial charge in [-0.1, -0.05) is 11.6 Å². The summed E-state index contributed by atoms with van der Waals surface area (Å²) in [6, 6.07) is 7.53. The SMILES string of the molecule is CS(=O)(=O)C1CC(n2c(CN3C(=O)C4(CC4)c4ccncc43)nc3cc(Cl)ccc32)C1. The van der Waals surface area contributed by atoms with E-state index in [0.717, 1.165) is 41.0 Å². The van der Waals surface area contributed by atoms with Gasteiger partial charge in [0.2, 0.25) is 5.91 Å². The van der Waals surface area contributed by atoms with Crippen LogP contribution in [-0.4, -0.2) is 40.4 Å². The number of benzene rings is 1. The average molecular weight is 457 g/mol. The number of amides is 1. The monoisotopic (exact) mass is 456 g/mol. The third-order valence-electron chi connectivity index (χ3n) is 7.08. The second-order valence-corrected chi connectivity index (χ2v) is 11.7. The Kier molecular flexibility index (Phi) is 3.91. The smallest absolute Gasteiger partial charge is 0.238 e. The molecule has 2 aromatic heterocycles. The molecule has 1 amide bonds. The van der Waals surface area contributed by atoms with Crippen molar-refractivity contribution in [1.82, 2.24) is 14.5 Å². The predicted octanol–water partition coefficient (Wildman–Crippen LogP) is 3.41. The minimum atomic E-state index is -3.07. The third-order valence-corrected chi connectivity index (χ3v) is 8.91. The molecule has 0 saturated heterocycles. The summed E-state index contributed by atoms with van der Waals surface area (Å²) in [4.78, 5) is 24.2. The molecule has 0 bridgehead atoms. The fourth-order valence-electron chi connectivity index (χ4n) is 5.13. The van der Waals surface area contributed by atoms with Crippen molar-refractivity contribution in [3.63, 3.8) is 0 Å². The number of hydrogen-bond donors (Lipinski definition) is 0. The van der Waals surface area contributed by atoms with E-state index >= 15 is 0 Å². The topological polar surface area (TPSA) is 85.2 Å². The summed E-state index contributed by atoms with van der Waals surface area (Å²) in [7, 11) is -3.07. The molecule has 160 valence electrons. The summed E-state index contributed by atoms with van der Waals surface area (Å²) in [6.45, 7) is 0.325. The van der Waals surface area contributed by atoms with Gasteiger partial charge < -0.3 is 9.47 Å². The summed E-state index contributed by atoms with van der Waals surface area (Å²) < 4.78 is 26.0. The number of fused-ring (bicyclic) bond motifs is 3. The maximum absolute atomic E-state index is 13.3. The Hall–Kier alpha value is -2.45. The molecule has 0 unspecified atom stereocenters. The molecular weight excluding hydrogens is 436 g/mol. The molecule has 31 heavy (non-hydrogen) atoms. The summed E-state index contributed by atoms with van der Waals surface area (Å²) in [5.74, 6) is 0.852. The highest BCUT2D eigenvalue weighted by Crippen LogP contribution is 2.57. The van der Waals surface area contributed by atoms with Crippen molar-refractivity contribution in [2.45, 2.75) is 48.9 Å². The summed E-state index contributed by atoms with van der Waals surface area (Å²) in [5.41, 5.74) is 3.18. The number of halogens is 1. The number of sulfone groups is 1. The number of hydrogen-bond acceptors (Lipinski definition) is 5. The van der Waals surface area contributed by atoms with Crippen molar-refractivity contribution in [3.05, 3.63) is 53.1 Å². The Morgan fingerprint density at radius 1 is 1.23 bits per heavy atom. The first-order valence-corrected chi connectivity index (χ1v) is 12.7. The molecule has 6 rings (SSSR count). The fraction of sp³-hybridized carbons (Fsp3) is 0.409. The summed E-state index contributed by atoms with van der Waals surface area (Å²) in [5, 5.41) is 0.262. The Morgan fingerprint density at radius 3 is 2.71 bits per heavy atom. The van der Waals surface area contributed by atoms with Gasteiger partial charge in [-0.3, -0.25) is 9.78 Å². The van der Waals surface area contributed by atoms with Gasteiger partial charge in [0.1, 0.15) is 15.7 Å². The summed E-state index contributed by atoms with van der Waals surface area (Å²) in [6.07, 6.45) is 7.63. The zero-order valence-electron chi connectivity index (χ0n) is 17.0. The molecule has 2 saturated carbocycles. The molecule has 1 aliphatic heterocycles. The highest BCUT2D eigenvalue weighted by atomic mass is 35.5. The number of anilines is 1. The van der Waals surface area contributed by atoms with Crippen LogP contribution in [0, 0.1) is 0 Å². The molecule has 3 aliphatic rings. The molecule has 7 nitrogen and oxygen atoms in total. The van der Waals surface area contributed by atoms with Crippen molar-refractivity contribution < 1.29 is 13.2 Å². The van der Waals surface area contributed by atoms with E-state index < -0.39 is 15.3 Å². The lowest BCUT2D eigenvalue weighted by molar-refractivity contribution is -0.120. The number of aromatic nitrogens is 3. The van der Waals surface area contributed by atoms with E-state index in [1.807, 2.05) is 24.3 Å². The van der Waals surface area contributed by atoms with Crippen LogP contribution in [-0.2, 0) is 26.6 Å². The lowest BCUT2D eigenvalue weighted by Gasteiger charge is -2.36. The van der Waals surface area contributed by atoms with Gasteiger partial charge in [-0.25, -0.2) is 13.4 Å². The molecule has 1 aromatic carbocycles.